The molecule has 0 radical (unpaired) electrons. The van der Waals surface area contributed by atoms with Crippen molar-refractivity contribution in [2.24, 2.45) is 0 Å². The van der Waals surface area contributed by atoms with E-state index in [9.17, 15) is 53.1 Å². The molecule has 4 aromatic carbocycles. The molecule has 0 bridgehead atoms. The van der Waals surface area contributed by atoms with Gasteiger partial charge in [0.25, 0.3) is 17.7 Å². The quantitative estimate of drug-likeness (QED) is 0.0396. The van der Waals surface area contributed by atoms with Gasteiger partial charge in [-0.15, -0.1) is 11.8 Å². The number of carbonyl (C=O) groups is 10. The smallest absolute Gasteiger partial charge is 0.327 e. The van der Waals surface area contributed by atoms with Crippen molar-refractivity contribution in [1.29, 1.82) is 0 Å². The highest BCUT2D eigenvalue weighted by Gasteiger charge is 2.64. The van der Waals surface area contributed by atoms with Crippen LogP contribution < -0.4 is 39.6 Å². The second-order valence-electron chi connectivity index (χ2n) is 17.3. The first-order chi connectivity index (χ1) is 34.6. The molecule has 6 rings (SSSR count). The first-order valence-electron chi connectivity index (χ1n) is 22.8. The van der Waals surface area contributed by atoms with E-state index in [0.29, 0.717) is 24.0 Å². The molecule has 4 atom stereocenters. The Hall–Kier alpha value is -8.27. The lowest BCUT2D eigenvalue weighted by molar-refractivity contribution is -0.161. The second-order valence-corrected chi connectivity index (χ2v) is 19.0. The van der Waals surface area contributed by atoms with Gasteiger partial charge in [0, 0.05) is 52.1 Å². The number of fused-ring (bicyclic) bond motifs is 1. The SMILES string of the molecule is CC(=O)Oc1cccc(C(=O)NCCCCN(Cc2ccc(OCC(=O)NC(C(=O)N[C@@H]3C(=O)N4[C@@H]3SC(C)(C)[C@@H]4C(=O)O)c3ccccc3)cc2)C(=O)c2cccc(OC(C)=O)c2OC(C)=O)c1OC(C)=O. The number of aliphatic carboxylic acids is 1. The van der Waals surface area contributed by atoms with E-state index in [2.05, 4.69) is 16.0 Å². The lowest BCUT2D eigenvalue weighted by Gasteiger charge is -2.44. The summed E-state index contributed by atoms with van der Waals surface area (Å²) in [5, 5.41) is 17.3. The predicted molar refractivity (Wildman–Crippen MR) is 259 cm³/mol. The van der Waals surface area contributed by atoms with Crippen LogP contribution in [0.3, 0.4) is 0 Å². The molecule has 73 heavy (non-hydrogen) atoms. The fraction of sp³-hybridized carbons (Fsp3) is 0.333. The number of carboxylic acid groups (broad SMARTS) is 1. The van der Waals surface area contributed by atoms with Gasteiger partial charge in [-0.25, -0.2) is 4.79 Å². The summed E-state index contributed by atoms with van der Waals surface area (Å²) in [7, 11) is 0. The third-order valence-electron chi connectivity index (χ3n) is 11.2. The van der Waals surface area contributed by atoms with Gasteiger partial charge in [0.15, 0.2) is 29.6 Å². The van der Waals surface area contributed by atoms with Gasteiger partial charge in [-0.3, -0.25) is 43.2 Å². The molecule has 2 aliphatic heterocycles. The molecule has 21 nitrogen and oxygen atoms in total. The molecule has 2 heterocycles. The number of hydrogen-bond donors (Lipinski definition) is 4. The molecule has 384 valence electrons. The van der Waals surface area contributed by atoms with Crippen molar-refractivity contribution in [1.82, 2.24) is 25.8 Å². The first kappa shape index (κ1) is 54.1. The predicted octanol–water partition coefficient (Wildman–Crippen LogP) is 4.11. The number of nitrogens with one attached hydrogen (secondary N) is 3. The second kappa shape index (κ2) is 23.8. The molecule has 1 unspecified atom stereocenters. The lowest BCUT2D eigenvalue weighted by atomic mass is 9.95. The number of benzene rings is 4. The van der Waals surface area contributed by atoms with E-state index in [1.165, 1.54) is 58.0 Å². The third kappa shape index (κ3) is 13.6. The minimum Gasteiger partial charge on any atom is -0.484 e. The van der Waals surface area contributed by atoms with Crippen LogP contribution in [0.5, 0.6) is 28.7 Å². The van der Waals surface area contributed by atoms with Crippen molar-refractivity contribution >= 4 is 71.1 Å². The maximum absolute atomic E-state index is 14.4. The highest BCUT2D eigenvalue weighted by molar-refractivity contribution is 8.01. The Balaban J connectivity index is 1.12. The summed E-state index contributed by atoms with van der Waals surface area (Å²) < 4.78 is 25.9. The molecule has 0 saturated carbocycles. The number of carbonyl (C=O) groups excluding carboxylic acids is 9. The van der Waals surface area contributed by atoms with Gasteiger partial charge in [0.05, 0.1) is 11.1 Å². The number of para-hydroxylation sites is 2. The Kier molecular flexibility index (Phi) is 17.6. The summed E-state index contributed by atoms with van der Waals surface area (Å²) in [4.78, 5) is 130. The van der Waals surface area contributed by atoms with Crippen molar-refractivity contribution in [3.8, 4) is 28.7 Å². The summed E-state index contributed by atoms with van der Waals surface area (Å²) in [6, 6.07) is 19.9. The van der Waals surface area contributed by atoms with E-state index in [4.69, 9.17) is 23.7 Å². The number of β-lactam (4-membered cyclic amide) rings is 1. The number of esters is 4. The lowest BCUT2D eigenvalue weighted by Crippen LogP contribution is -2.71. The van der Waals surface area contributed by atoms with E-state index < -0.39 is 94.2 Å². The third-order valence-corrected chi connectivity index (χ3v) is 12.8. The van der Waals surface area contributed by atoms with E-state index in [1.54, 1.807) is 68.4 Å². The Bertz CT molecular complexity index is 2800. The molecule has 2 fully saturated rings. The number of ether oxygens (including phenoxy) is 5. The van der Waals surface area contributed by atoms with Crippen LogP contribution >= 0.6 is 11.8 Å². The topological polar surface area (TPSA) is 280 Å². The zero-order valence-electron chi connectivity index (χ0n) is 40.6. The van der Waals surface area contributed by atoms with Crippen LogP contribution in [-0.4, -0.2) is 116 Å². The Morgan fingerprint density at radius 2 is 1.30 bits per heavy atom. The molecule has 22 heteroatoms. The van der Waals surface area contributed by atoms with Crippen molar-refractivity contribution < 1.29 is 76.7 Å². The fourth-order valence-electron chi connectivity index (χ4n) is 8.09. The number of hydrogen-bond acceptors (Lipinski definition) is 16. The highest BCUT2D eigenvalue weighted by Crippen LogP contribution is 2.51. The Morgan fingerprint density at radius 3 is 1.88 bits per heavy atom. The normalized spacial score (nSPS) is 16.5. The highest BCUT2D eigenvalue weighted by atomic mass is 32.2. The molecular weight excluding hydrogens is 971 g/mol. The van der Waals surface area contributed by atoms with Crippen LogP contribution in [0, 0.1) is 0 Å². The van der Waals surface area contributed by atoms with Crippen molar-refractivity contribution in [3.63, 3.8) is 0 Å². The molecule has 4 aromatic rings. The van der Waals surface area contributed by atoms with Crippen LogP contribution in [-0.2, 0) is 44.9 Å². The van der Waals surface area contributed by atoms with Gasteiger partial charge >= 0.3 is 29.8 Å². The molecular formula is C51H53N5O16S. The number of unbranched alkanes of at least 4 members (excludes halogenated alkanes) is 1. The van der Waals surface area contributed by atoms with Crippen LogP contribution in [0.15, 0.2) is 91.0 Å². The zero-order valence-corrected chi connectivity index (χ0v) is 41.4. The van der Waals surface area contributed by atoms with Gasteiger partial charge in [0.1, 0.15) is 29.2 Å². The fourth-order valence-corrected chi connectivity index (χ4v) is 9.71. The minimum absolute atomic E-state index is 0.0130. The monoisotopic (exact) mass is 1020 g/mol. The maximum Gasteiger partial charge on any atom is 0.327 e. The van der Waals surface area contributed by atoms with E-state index in [-0.39, 0.29) is 59.5 Å². The van der Waals surface area contributed by atoms with Crippen LogP contribution in [0.2, 0.25) is 0 Å². The van der Waals surface area contributed by atoms with E-state index in [0.717, 1.165) is 27.7 Å². The van der Waals surface area contributed by atoms with Gasteiger partial charge in [0.2, 0.25) is 11.8 Å². The maximum atomic E-state index is 14.4. The standard InChI is InChI=1S/C51H53N5O16S/c1-28(57)69-37-18-12-16-35(42(37)71-30(3)59)45(62)52-24-10-11-25-55(47(64)36-17-13-19-38(70-29(2)58)43(36)72-31(4)60)26-32-20-22-34(23-21-32)68-27-39(61)53-40(33-14-8-7-9-15-33)46(63)54-41-48(65)56-44(50(66)67)51(5,6)73-49(41)56/h7-9,12-23,40-41,44,49H,10-11,24-27H2,1-6H3,(H,52,62)(H,53,61)(H,54,63)(H,66,67)/t40?,41-,44+,49-/m1/s1. The molecule has 0 aliphatic carbocycles. The van der Waals surface area contributed by atoms with Crippen molar-refractivity contribution in [2.45, 2.75) is 89.2 Å². The summed E-state index contributed by atoms with van der Waals surface area (Å²) >= 11 is 1.27. The van der Waals surface area contributed by atoms with Crippen LogP contribution in [0.1, 0.15) is 92.3 Å². The molecule has 4 N–H and O–H groups in total. The van der Waals surface area contributed by atoms with Gasteiger partial charge in [-0.05, 0) is 74.2 Å². The zero-order chi connectivity index (χ0) is 53.1. The molecule has 5 amide bonds. The van der Waals surface area contributed by atoms with E-state index >= 15 is 0 Å². The Labute approximate surface area is 423 Å². The van der Waals surface area contributed by atoms with Crippen molar-refractivity contribution in [2.75, 3.05) is 19.7 Å². The van der Waals surface area contributed by atoms with Crippen LogP contribution in [0.4, 0.5) is 0 Å². The average molecular weight is 1020 g/mol. The summed E-state index contributed by atoms with van der Waals surface area (Å²) in [5.74, 6) is -7.74. The summed E-state index contributed by atoms with van der Waals surface area (Å²) in [5.41, 5.74) is 0.868. The molecule has 0 spiro atoms. The van der Waals surface area contributed by atoms with Crippen LogP contribution in [0.25, 0.3) is 0 Å². The van der Waals surface area contributed by atoms with Gasteiger partial charge in [-0.1, -0.05) is 54.6 Å². The number of rotatable bonds is 21. The number of nitrogens with zero attached hydrogens (tertiary/aromatic N) is 2. The largest absolute Gasteiger partial charge is 0.484 e. The number of thioether (sulfide) groups is 1. The number of carboxylic acids is 1. The van der Waals surface area contributed by atoms with Gasteiger partial charge < -0.3 is 54.5 Å². The molecule has 2 aliphatic rings. The molecule has 0 aromatic heterocycles. The van der Waals surface area contributed by atoms with E-state index in [1.807, 2.05) is 0 Å². The Morgan fingerprint density at radius 1 is 0.726 bits per heavy atom. The summed E-state index contributed by atoms with van der Waals surface area (Å²) in [6.07, 6.45) is 0.649. The first-order valence-corrected chi connectivity index (χ1v) is 23.7. The number of amides is 5. The minimum atomic E-state index is -1.24. The van der Waals surface area contributed by atoms with Crippen molar-refractivity contribution in [3.05, 3.63) is 113 Å². The van der Waals surface area contributed by atoms with Gasteiger partial charge in [-0.2, -0.15) is 0 Å². The summed E-state index contributed by atoms with van der Waals surface area (Å²) in [6.45, 7) is 7.65. The molecule has 2 saturated heterocycles. The average Bonchev–Trinajstić information content (AvgIpc) is 3.59.